The second kappa shape index (κ2) is 11.7. The highest BCUT2D eigenvalue weighted by Crippen LogP contribution is 2.44. The molecule has 1 aliphatic carbocycles. The molecule has 3 aromatic rings. The number of likely N-dealkylation sites (tertiary alicyclic amines) is 1. The number of anilines is 1. The van der Waals surface area contributed by atoms with E-state index in [9.17, 15) is 4.79 Å². The summed E-state index contributed by atoms with van der Waals surface area (Å²) >= 11 is 0. The minimum Gasteiger partial charge on any atom is -0.444 e. The van der Waals surface area contributed by atoms with Crippen LogP contribution in [0.25, 0.3) is 10.9 Å². The summed E-state index contributed by atoms with van der Waals surface area (Å²) in [6.45, 7) is 15.6. The normalized spacial score (nSPS) is 22.1. The Kier molecular flexibility index (Phi) is 8.24. The topological polar surface area (TPSA) is 60.6 Å². The molecule has 218 valence electrons. The van der Waals surface area contributed by atoms with E-state index in [1.165, 1.54) is 39.0 Å². The first-order valence-corrected chi connectivity index (χ1v) is 15.3. The number of aromatic nitrogens is 1. The summed E-state index contributed by atoms with van der Waals surface area (Å²) in [5.41, 5.74) is 12.2. The molecule has 1 saturated heterocycles. The lowest BCUT2D eigenvalue weighted by Gasteiger charge is -2.43. The second-order valence-corrected chi connectivity index (χ2v) is 12.5. The number of ether oxygens (including phenoxy) is 1. The lowest BCUT2D eigenvalue weighted by molar-refractivity contribution is 0.0293. The van der Waals surface area contributed by atoms with Gasteiger partial charge in [0.05, 0.1) is 11.7 Å². The van der Waals surface area contributed by atoms with E-state index < -0.39 is 5.60 Å². The standard InChI is InChI=1S/C33H40N4O2.C2H6/c1-21-10-15-26(18-21)37-22(2)19-28-27-8-6-7-9-29(27)35-30(28)31(37)23-11-13-24(14-12-23)34-25-16-17-36(20-25)32(38)39-33(3,4)5;1-2/h6-9,11-14,22,25,31,34-35H,10,15-17,19-20H2,1-5H3;1-2H3/t22-,25?,31?;/m1./s1. The van der Waals surface area contributed by atoms with Crippen molar-refractivity contribution in [3.05, 3.63) is 82.4 Å². The van der Waals surface area contributed by atoms with Crippen molar-refractivity contribution >= 4 is 22.7 Å². The van der Waals surface area contributed by atoms with Gasteiger partial charge in [-0.25, -0.2) is 4.79 Å². The molecule has 3 heterocycles. The SMILES string of the molecule is CC.CC1=C=C(N2C(c3ccc(NC4CCN(C(=O)OC(C)(C)C)C4)cc3)c3[nH]c4ccccc4c3C[C@H]2C)CC1. The van der Waals surface area contributed by atoms with Crippen molar-refractivity contribution in [3.8, 4) is 0 Å². The van der Waals surface area contributed by atoms with Crippen LogP contribution in [0.1, 0.15) is 90.6 Å². The number of allylic oxidation sites excluding steroid dienone is 1. The van der Waals surface area contributed by atoms with Crippen LogP contribution in [0.2, 0.25) is 0 Å². The molecule has 0 radical (unpaired) electrons. The van der Waals surface area contributed by atoms with Crippen molar-refractivity contribution in [1.82, 2.24) is 14.8 Å². The Bertz CT molecular complexity index is 1460. The van der Waals surface area contributed by atoms with Gasteiger partial charge in [-0.15, -0.1) is 5.73 Å². The number of carbonyl (C=O) groups excluding carboxylic acids is 1. The molecule has 2 aliphatic heterocycles. The highest BCUT2D eigenvalue weighted by molar-refractivity contribution is 5.85. The van der Waals surface area contributed by atoms with E-state index in [-0.39, 0.29) is 18.2 Å². The number of nitrogens with one attached hydrogen (secondary N) is 2. The molecular formula is C35H46N4O2. The van der Waals surface area contributed by atoms with Crippen LogP contribution in [-0.2, 0) is 11.2 Å². The van der Waals surface area contributed by atoms with Gasteiger partial charge in [0.15, 0.2) is 0 Å². The van der Waals surface area contributed by atoms with Gasteiger partial charge in [-0.2, -0.15) is 0 Å². The van der Waals surface area contributed by atoms with Gasteiger partial charge in [0.2, 0.25) is 0 Å². The number of amides is 1. The third kappa shape index (κ3) is 6.04. The molecule has 0 bridgehead atoms. The van der Waals surface area contributed by atoms with Crippen LogP contribution in [0.15, 0.2) is 65.5 Å². The lowest BCUT2D eigenvalue weighted by Crippen LogP contribution is -2.41. The molecule has 6 heteroatoms. The Labute approximate surface area is 245 Å². The average molecular weight is 555 g/mol. The van der Waals surface area contributed by atoms with E-state index in [1.807, 2.05) is 34.6 Å². The maximum absolute atomic E-state index is 12.5. The lowest BCUT2D eigenvalue weighted by atomic mass is 9.88. The third-order valence-corrected chi connectivity index (χ3v) is 8.22. The number of H-pyrrole nitrogens is 1. The zero-order chi connectivity index (χ0) is 29.3. The van der Waals surface area contributed by atoms with Crippen molar-refractivity contribution < 1.29 is 9.53 Å². The van der Waals surface area contributed by atoms with Crippen molar-refractivity contribution in [1.29, 1.82) is 0 Å². The van der Waals surface area contributed by atoms with Crippen LogP contribution < -0.4 is 5.32 Å². The largest absolute Gasteiger partial charge is 0.444 e. The first-order valence-electron chi connectivity index (χ1n) is 15.3. The molecule has 3 aliphatic rings. The summed E-state index contributed by atoms with van der Waals surface area (Å²) in [5.74, 6) is 0. The van der Waals surface area contributed by atoms with Crippen LogP contribution in [-0.4, -0.2) is 51.7 Å². The summed E-state index contributed by atoms with van der Waals surface area (Å²) in [6.07, 6.45) is 3.85. The summed E-state index contributed by atoms with van der Waals surface area (Å²) in [7, 11) is 0. The van der Waals surface area contributed by atoms with Gasteiger partial charge in [0.25, 0.3) is 0 Å². The van der Waals surface area contributed by atoms with E-state index >= 15 is 0 Å². The molecule has 3 atom stereocenters. The highest BCUT2D eigenvalue weighted by atomic mass is 16.6. The average Bonchev–Trinajstić information content (AvgIpc) is 3.67. The minimum absolute atomic E-state index is 0.118. The number of para-hydroxylation sites is 1. The number of fused-ring (bicyclic) bond motifs is 3. The maximum Gasteiger partial charge on any atom is 0.410 e. The smallest absolute Gasteiger partial charge is 0.410 e. The van der Waals surface area contributed by atoms with Crippen molar-refractivity contribution in [2.24, 2.45) is 0 Å². The maximum atomic E-state index is 12.5. The Morgan fingerprint density at radius 3 is 2.49 bits per heavy atom. The fourth-order valence-corrected chi connectivity index (χ4v) is 6.45. The number of carbonyl (C=O) groups is 1. The highest BCUT2D eigenvalue weighted by Gasteiger charge is 2.37. The Balaban J connectivity index is 0.00000165. The van der Waals surface area contributed by atoms with E-state index in [2.05, 4.69) is 83.3 Å². The molecule has 2 N–H and O–H groups in total. The van der Waals surface area contributed by atoms with Crippen LogP contribution in [0, 0.1) is 0 Å². The molecule has 1 fully saturated rings. The molecular weight excluding hydrogens is 508 g/mol. The Hall–Kier alpha value is -3.63. The molecule has 2 unspecified atom stereocenters. The fraction of sp³-hybridized carbons (Fsp3) is 0.486. The zero-order valence-electron chi connectivity index (χ0n) is 25.8. The molecule has 0 saturated carbocycles. The Morgan fingerprint density at radius 1 is 1.07 bits per heavy atom. The molecule has 6 rings (SSSR count). The number of nitrogens with zero attached hydrogens (tertiary/aromatic N) is 2. The van der Waals surface area contributed by atoms with Gasteiger partial charge in [-0.1, -0.05) is 44.2 Å². The van der Waals surface area contributed by atoms with Crippen LogP contribution in [0.5, 0.6) is 0 Å². The van der Waals surface area contributed by atoms with E-state index in [1.54, 1.807) is 4.90 Å². The summed E-state index contributed by atoms with van der Waals surface area (Å²) < 4.78 is 5.56. The molecule has 1 amide bonds. The first kappa shape index (κ1) is 28.9. The zero-order valence-corrected chi connectivity index (χ0v) is 25.8. The van der Waals surface area contributed by atoms with Crippen LogP contribution >= 0.6 is 0 Å². The van der Waals surface area contributed by atoms with Crippen molar-refractivity contribution in [3.63, 3.8) is 0 Å². The van der Waals surface area contributed by atoms with E-state index in [0.717, 1.165) is 31.4 Å². The molecule has 6 nitrogen and oxygen atoms in total. The summed E-state index contributed by atoms with van der Waals surface area (Å²) in [6, 6.07) is 18.3. The van der Waals surface area contributed by atoms with Crippen molar-refractivity contribution in [2.45, 2.75) is 97.9 Å². The van der Waals surface area contributed by atoms with Gasteiger partial charge in [0.1, 0.15) is 5.60 Å². The minimum atomic E-state index is -0.475. The number of rotatable bonds is 4. The molecule has 2 aromatic carbocycles. The van der Waals surface area contributed by atoms with Gasteiger partial charge < -0.3 is 24.8 Å². The Morgan fingerprint density at radius 2 is 1.80 bits per heavy atom. The second-order valence-electron chi connectivity index (χ2n) is 12.5. The van der Waals surface area contributed by atoms with Gasteiger partial charge in [0, 0.05) is 47.5 Å². The van der Waals surface area contributed by atoms with E-state index in [4.69, 9.17) is 4.74 Å². The van der Waals surface area contributed by atoms with E-state index in [0.29, 0.717) is 19.1 Å². The summed E-state index contributed by atoms with van der Waals surface area (Å²) in [4.78, 5) is 20.7. The van der Waals surface area contributed by atoms with Crippen LogP contribution in [0.3, 0.4) is 0 Å². The predicted molar refractivity (Wildman–Crippen MR) is 168 cm³/mol. The summed E-state index contributed by atoms with van der Waals surface area (Å²) in [5, 5.41) is 4.99. The molecule has 41 heavy (non-hydrogen) atoms. The quantitative estimate of drug-likeness (QED) is 0.319. The molecule has 1 aromatic heterocycles. The van der Waals surface area contributed by atoms with Crippen LogP contribution in [0.4, 0.5) is 10.5 Å². The number of benzene rings is 2. The number of hydrogen-bond acceptors (Lipinski definition) is 4. The third-order valence-electron chi connectivity index (χ3n) is 8.22. The predicted octanol–water partition coefficient (Wildman–Crippen LogP) is 8.17. The first-order chi connectivity index (χ1) is 19.7. The van der Waals surface area contributed by atoms with Gasteiger partial charge in [-0.05, 0) is 95.2 Å². The van der Waals surface area contributed by atoms with Gasteiger partial charge in [-0.3, -0.25) is 0 Å². The monoisotopic (exact) mass is 554 g/mol. The van der Waals surface area contributed by atoms with Crippen molar-refractivity contribution in [2.75, 3.05) is 18.4 Å². The number of aromatic amines is 1. The molecule has 0 spiro atoms. The number of hydrogen-bond donors (Lipinski definition) is 2. The van der Waals surface area contributed by atoms with Gasteiger partial charge >= 0.3 is 6.09 Å². The fourth-order valence-electron chi connectivity index (χ4n) is 6.45.